The van der Waals surface area contributed by atoms with E-state index in [-0.39, 0.29) is 5.91 Å². The van der Waals surface area contributed by atoms with Crippen LogP contribution >= 0.6 is 0 Å². The van der Waals surface area contributed by atoms with Crippen LogP contribution in [0.5, 0.6) is 17.2 Å². The summed E-state index contributed by atoms with van der Waals surface area (Å²) < 4.78 is 16.2. The molecule has 0 heterocycles. The van der Waals surface area contributed by atoms with Gasteiger partial charge < -0.3 is 19.5 Å². The average Bonchev–Trinajstić information content (AvgIpc) is 2.69. The zero-order chi connectivity index (χ0) is 19.5. The number of ether oxygens (including phenoxy) is 3. The van der Waals surface area contributed by atoms with Gasteiger partial charge in [-0.2, -0.15) is 0 Å². The first kappa shape index (κ1) is 20.6. The normalized spacial score (nSPS) is 10.3. The van der Waals surface area contributed by atoms with Gasteiger partial charge in [-0.3, -0.25) is 4.79 Å². The van der Waals surface area contributed by atoms with Crippen LogP contribution in [0, 0.1) is 6.92 Å². The summed E-state index contributed by atoms with van der Waals surface area (Å²) in [4.78, 5) is 11.9. The molecule has 2 aromatic carbocycles. The summed E-state index contributed by atoms with van der Waals surface area (Å²) in [6.07, 6.45) is 2.93. The minimum atomic E-state index is 0.0646. The first-order valence-corrected chi connectivity index (χ1v) is 9.29. The zero-order valence-electron chi connectivity index (χ0n) is 16.4. The number of benzene rings is 2. The highest BCUT2D eigenvalue weighted by Crippen LogP contribution is 2.27. The number of rotatable bonds is 11. The van der Waals surface area contributed by atoms with Gasteiger partial charge in [0.15, 0.2) is 11.5 Å². The lowest BCUT2D eigenvalue weighted by molar-refractivity contribution is -0.121. The Kier molecular flexibility index (Phi) is 8.49. The van der Waals surface area contributed by atoms with Gasteiger partial charge in [0, 0.05) is 13.0 Å². The van der Waals surface area contributed by atoms with E-state index in [0.29, 0.717) is 26.0 Å². The van der Waals surface area contributed by atoms with E-state index < -0.39 is 0 Å². The molecular formula is C22H29NO4. The Morgan fingerprint density at radius 3 is 2.41 bits per heavy atom. The first-order valence-electron chi connectivity index (χ1n) is 9.29. The van der Waals surface area contributed by atoms with Gasteiger partial charge in [0.1, 0.15) is 5.75 Å². The molecule has 1 N–H and O–H groups in total. The van der Waals surface area contributed by atoms with Crippen molar-refractivity contribution in [2.24, 2.45) is 0 Å². The Morgan fingerprint density at radius 1 is 0.963 bits per heavy atom. The van der Waals surface area contributed by atoms with Crippen LogP contribution in [0.25, 0.3) is 0 Å². The average molecular weight is 371 g/mol. The molecule has 5 heteroatoms. The number of carbonyl (C=O) groups excluding carboxylic acids is 1. The monoisotopic (exact) mass is 371 g/mol. The van der Waals surface area contributed by atoms with E-state index in [1.807, 2.05) is 49.4 Å². The highest BCUT2D eigenvalue weighted by atomic mass is 16.5. The van der Waals surface area contributed by atoms with E-state index in [1.54, 1.807) is 14.2 Å². The maximum atomic E-state index is 11.9. The van der Waals surface area contributed by atoms with E-state index in [4.69, 9.17) is 14.2 Å². The van der Waals surface area contributed by atoms with Crippen LogP contribution in [-0.4, -0.2) is 33.3 Å². The Labute approximate surface area is 161 Å². The summed E-state index contributed by atoms with van der Waals surface area (Å²) in [5.74, 6) is 2.36. The quantitative estimate of drug-likeness (QED) is 0.608. The number of carbonyl (C=O) groups is 1. The SMILES string of the molecule is COc1ccc(CCCNC(=O)CCCOc2ccc(C)cc2)cc1OC. The Hall–Kier alpha value is -2.69. The van der Waals surface area contributed by atoms with Crippen molar-refractivity contribution in [1.29, 1.82) is 0 Å². The molecule has 0 saturated heterocycles. The molecule has 1 amide bonds. The van der Waals surface area contributed by atoms with Gasteiger partial charge in [0.25, 0.3) is 0 Å². The Balaban J connectivity index is 1.58. The van der Waals surface area contributed by atoms with Crippen molar-refractivity contribution in [3.63, 3.8) is 0 Å². The summed E-state index contributed by atoms with van der Waals surface area (Å²) in [5.41, 5.74) is 2.36. The van der Waals surface area contributed by atoms with Gasteiger partial charge in [-0.05, 0) is 56.0 Å². The number of nitrogens with one attached hydrogen (secondary N) is 1. The highest BCUT2D eigenvalue weighted by Gasteiger charge is 2.05. The summed E-state index contributed by atoms with van der Waals surface area (Å²) in [6.45, 7) is 3.24. The van der Waals surface area contributed by atoms with Crippen molar-refractivity contribution in [1.82, 2.24) is 5.32 Å². The molecule has 0 bridgehead atoms. The molecular weight excluding hydrogens is 342 g/mol. The van der Waals surface area contributed by atoms with Crippen LogP contribution in [0.1, 0.15) is 30.4 Å². The minimum absolute atomic E-state index is 0.0646. The van der Waals surface area contributed by atoms with Crippen molar-refractivity contribution in [3.8, 4) is 17.2 Å². The Morgan fingerprint density at radius 2 is 1.70 bits per heavy atom. The standard InChI is InChI=1S/C22H29NO4/c1-17-8-11-19(12-9-17)27-15-5-7-22(24)23-14-4-6-18-10-13-20(25-2)21(16-18)26-3/h8-13,16H,4-7,14-15H2,1-3H3,(H,23,24). The minimum Gasteiger partial charge on any atom is -0.494 e. The van der Waals surface area contributed by atoms with Gasteiger partial charge in [-0.25, -0.2) is 0 Å². The lowest BCUT2D eigenvalue weighted by atomic mass is 10.1. The molecule has 0 aliphatic carbocycles. The van der Waals surface area contributed by atoms with E-state index in [1.165, 1.54) is 5.56 Å². The highest BCUT2D eigenvalue weighted by molar-refractivity contribution is 5.75. The fraction of sp³-hybridized carbons (Fsp3) is 0.409. The molecule has 0 saturated carbocycles. The van der Waals surface area contributed by atoms with Crippen LogP contribution in [0.4, 0.5) is 0 Å². The van der Waals surface area contributed by atoms with Crippen molar-refractivity contribution >= 4 is 5.91 Å². The number of aryl methyl sites for hydroxylation is 2. The maximum absolute atomic E-state index is 11.9. The lowest BCUT2D eigenvalue weighted by Crippen LogP contribution is -2.24. The first-order chi connectivity index (χ1) is 13.1. The van der Waals surface area contributed by atoms with Crippen LogP contribution in [-0.2, 0) is 11.2 Å². The van der Waals surface area contributed by atoms with Crippen molar-refractivity contribution in [3.05, 3.63) is 53.6 Å². The third-order valence-electron chi connectivity index (χ3n) is 4.25. The Bertz CT molecular complexity index is 713. The summed E-state index contributed by atoms with van der Waals surface area (Å²) in [5, 5.41) is 2.96. The topological polar surface area (TPSA) is 56.8 Å². The molecule has 5 nitrogen and oxygen atoms in total. The summed E-state index contributed by atoms with van der Waals surface area (Å²) in [6, 6.07) is 13.8. The summed E-state index contributed by atoms with van der Waals surface area (Å²) >= 11 is 0. The number of methoxy groups -OCH3 is 2. The van der Waals surface area contributed by atoms with E-state index in [0.717, 1.165) is 35.7 Å². The fourth-order valence-corrected chi connectivity index (χ4v) is 2.70. The number of amides is 1. The number of hydrogen-bond acceptors (Lipinski definition) is 4. The van der Waals surface area contributed by atoms with Gasteiger partial charge in [0.2, 0.25) is 5.91 Å². The van der Waals surface area contributed by atoms with Gasteiger partial charge in [-0.1, -0.05) is 23.8 Å². The van der Waals surface area contributed by atoms with Crippen molar-refractivity contribution in [2.45, 2.75) is 32.6 Å². The van der Waals surface area contributed by atoms with Crippen LogP contribution in [0.2, 0.25) is 0 Å². The van der Waals surface area contributed by atoms with Crippen molar-refractivity contribution < 1.29 is 19.0 Å². The van der Waals surface area contributed by atoms with Gasteiger partial charge >= 0.3 is 0 Å². The molecule has 0 spiro atoms. The molecule has 0 unspecified atom stereocenters. The zero-order valence-corrected chi connectivity index (χ0v) is 16.4. The van der Waals surface area contributed by atoms with E-state index in [9.17, 15) is 4.79 Å². The lowest BCUT2D eigenvalue weighted by Gasteiger charge is -2.10. The molecule has 146 valence electrons. The molecule has 0 aliphatic rings. The van der Waals surface area contributed by atoms with Crippen LogP contribution in [0.15, 0.2) is 42.5 Å². The molecule has 0 fully saturated rings. The van der Waals surface area contributed by atoms with Gasteiger partial charge in [0.05, 0.1) is 20.8 Å². The molecule has 27 heavy (non-hydrogen) atoms. The molecule has 0 radical (unpaired) electrons. The fourth-order valence-electron chi connectivity index (χ4n) is 2.70. The maximum Gasteiger partial charge on any atom is 0.220 e. The molecule has 0 aliphatic heterocycles. The summed E-state index contributed by atoms with van der Waals surface area (Å²) in [7, 11) is 3.25. The van der Waals surface area contributed by atoms with E-state index in [2.05, 4.69) is 5.32 Å². The van der Waals surface area contributed by atoms with E-state index >= 15 is 0 Å². The molecule has 0 aromatic heterocycles. The van der Waals surface area contributed by atoms with Crippen LogP contribution in [0.3, 0.4) is 0 Å². The molecule has 0 atom stereocenters. The third-order valence-corrected chi connectivity index (χ3v) is 4.25. The predicted molar refractivity (Wildman–Crippen MR) is 107 cm³/mol. The van der Waals surface area contributed by atoms with Crippen LogP contribution < -0.4 is 19.5 Å². The third kappa shape index (κ3) is 7.21. The van der Waals surface area contributed by atoms with Gasteiger partial charge in [-0.15, -0.1) is 0 Å². The van der Waals surface area contributed by atoms with Crippen molar-refractivity contribution in [2.75, 3.05) is 27.4 Å². The second kappa shape index (κ2) is 11.1. The molecule has 2 aromatic rings. The second-order valence-electron chi connectivity index (χ2n) is 6.41. The number of hydrogen-bond donors (Lipinski definition) is 1. The molecule has 2 rings (SSSR count). The smallest absolute Gasteiger partial charge is 0.220 e. The largest absolute Gasteiger partial charge is 0.494 e. The predicted octanol–water partition coefficient (Wildman–Crippen LogP) is 3.92. The second-order valence-corrected chi connectivity index (χ2v) is 6.41.